The number of ether oxygens (including phenoxy) is 2. The van der Waals surface area contributed by atoms with Gasteiger partial charge in [0.05, 0.1) is 18.3 Å². The minimum atomic E-state index is -0.475. The lowest BCUT2D eigenvalue weighted by Gasteiger charge is -2.39. The molecule has 2 N–H and O–H groups in total. The molecule has 3 aromatic carbocycles. The van der Waals surface area contributed by atoms with Crippen LogP contribution in [0.15, 0.2) is 72.8 Å². The predicted molar refractivity (Wildman–Crippen MR) is 168 cm³/mol. The number of carbonyl (C=O) groups is 3. The van der Waals surface area contributed by atoms with Crippen LogP contribution in [-0.2, 0) is 17.9 Å². The number of benzene rings is 3. The average Bonchev–Trinajstić information content (AvgIpc) is 3.35. The van der Waals surface area contributed by atoms with Crippen molar-refractivity contribution in [1.29, 1.82) is 0 Å². The van der Waals surface area contributed by atoms with E-state index in [1.54, 1.807) is 23.1 Å². The molecule has 4 heterocycles. The van der Waals surface area contributed by atoms with Gasteiger partial charge in [0.15, 0.2) is 6.61 Å². The molecule has 45 heavy (non-hydrogen) atoms. The summed E-state index contributed by atoms with van der Waals surface area (Å²) < 4.78 is 14.1. The van der Waals surface area contributed by atoms with Crippen molar-refractivity contribution in [2.45, 2.75) is 52.4 Å². The largest absolute Gasteiger partial charge is 0.488 e. The van der Waals surface area contributed by atoms with Crippen molar-refractivity contribution in [2.75, 3.05) is 19.7 Å². The fraction of sp³-hybridized carbons (Fsp3) is 0.314. The molecule has 4 bridgehead atoms. The molecule has 3 aliphatic rings. The van der Waals surface area contributed by atoms with Crippen molar-refractivity contribution in [1.82, 2.24) is 25.3 Å². The molecule has 1 aromatic heterocycles. The summed E-state index contributed by atoms with van der Waals surface area (Å²) in [5.74, 6) is 0.426. The quantitative estimate of drug-likeness (QED) is 0.365. The van der Waals surface area contributed by atoms with Crippen molar-refractivity contribution < 1.29 is 23.9 Å². The maximum absolute atomic E-state index is 13.8. The van der Waals surface area contributed by atoms with Crippen LogP contribution in [0.4, 0.5) is 0 Å². The van der Waals surface area contributed by atoms with E-state index in [4.69, 9.17) is 9.47 Å². The molecule has 10 nitrogen and oxygen atoms in total. The van der Waals surface area contributed by atoms with Gasteiger partial charge in [0, 0.05) is 42.9 Å². The minimum Gasteiger partial charge on any atom is -0.488 e. The number of hydrogen-bond donors (Lipinski definition) is 2. The Bertz CT molecular complexity index is 1730. The Morgan fingerprint density at radius 2 is 1.82 bits per heavy atom. The molecule has 7 rings (SSSR count). The van der Waals surface area contributed by atoms with Gasteiger partial charge in [-0.1, -0.05) is 30.3 Å². The fourth-order valence-electron chi connectivity index (χ4n) is 5.79. The van der Waals surface area contributed by atoms with Crippen LogP contribution in [0.1, 0.15) is 55.2 Å². The van der Waals surface area contributed by atoms with Crippen LogP contribution in [0.5, 0.6) is 11.5 Å². The fourth-order valence-corrected chi connectivity index (χ4v) is 5.79. The van der Waals surface area contributed by atoms with Gasteiger partial charge in [-0.25, -0.2) is 0 Å². The number of piperidine rings is 1. The Kier molecular flexibility index (Phi) is 8.55. The number of aromatic nitrogens is 2. The number of nitrogens with zero attached hydrogens (tertiary/aromatic N) is 3. The van der Waals surface area contributed by atoms with Gasteiger partial charge < -0.3 is 25.0 Å². The van der Waals surface area contributed by atoms with E-state index in [1.165, 1.54) is 0 Å². The highest BCUT2D eigenvalue weighted by atomic mass is 16.5. The highest BCUT2D eigenvalue weighted by Crippen LogP contribution is 2.24. The van der Waals surface area contributed by atoms with Gasteiger partial charge in [0.1, 0.15) is 17.6 Å². The van der Waals surface area contributed by atoms with Crippen LogP contribution in [-0.4, -0.2) is 64.2 Å². The van der Waals surface area contributed by atoms with Gasteiger partial charge in [0.25, 0.3) is 17.7 Å². The number of nitrogens with one attached hydrogen (secondary N) is 2. The summed E-state index contributed by atoms with van der Waals surface area (Å²) in [4.78, 5) is 41.5. The molecule has 4 aromatic rings. The van der Waals surface area contributed by atoms with E-state index in [0.29, 0.717) is 48.7 Å². The number of fused-ring (bicyclic) bond motifs is 7. The van der Waals surface area contributed by atoms with Crippen molar-refractivity contribution in [3.8, 4) is 11.5 Å². The summed E-state index contributed by atoms with van der Waals surface area (Å²) >= 11 is 0. The number of amides is 3. The normalized spacial score (nSPS) is 18.6. The molecular formula is C35H37N5O5. The van der Waals surface area contributed by atoms with Gasteiger partial charge in [0.2, 0.25) is 0 Å². The molecule has 0 saturated carbocycles. The minimum absolute atomic E-state index is 0.103. The Morgan fingerprint density at radius 1 is 1.00 bits per heavy atom. The lowest BCUT2D eigenvalue weighted by atomic mass is 9.99. The van der Waals surface area contributed by atoms with E-state index >= 15 is 0 Å². The smallest absolute Gasteiger partial charge is 0.258 e. The SMILES string of the molecule is Cc1cc(C)n(Cc2cccc(C(=O)N3CC[C@@H]4Oc5ccc(cc5)CNC(=O)COc5cc(ccc5C)C(=O)N[C@H]4C3)c2)n1. The second-order valence-electron chi connectivity index (χ2n) is 11.8. The standard InChI is InChI=1S/C35H37N5O5/c1-22-7-10-27-17-32(22)44-21-33(41)36-18-25-8-11-29(12-9-25)45-31-13-14-39(20-30(31)37-34(27)42)35(43)28-6-4-5-26(16-28)19-40-24(3)15-23(2)38-40/h4-12,15-17,30-31H,13-14,18-21H2,1-3H3,(H,36,41)(H,37,42)/t30-,31-/m0/s1. The van der Waals surface area contributed by atoms with Crippen molar-refractivity contribution in [2.24, 2.45) is 0 Å². The van der Waals surface area contributed by atoms with Crippen molar-refractivity contribution >= 4 is 17.7 Å². The summed E-state index contributed by atoms with van der Waals surface area (Å²) in [6.45, 7) is 7.35. The first kappa shape index (κ1) is 29.9. The molecule has 1 saturated heterocycles. The molecule has 0 radical (unpaired) electrons. The summed E-state index contributed by atoms with van der Waals surface area (Å²) in [6.07, 6.45) is 0.167. The van der Waals surface area contributed by atoms with Crippen molar-refractivity contribution in [3.05, 3.63) is 112 Å². The maximum Gasteiger partial charge on any atom is 0.258 e. The molecule has 10 heteroatoms. The molecule has 0 aliphatic carbocycles. The zero-order chi connectivity index (χ0) is 31.5. The summed E-state index contributed by atoms with van der Waals surface area (Å²) in [5, 5.41) is 10.5. The second kappa shape index (κ2) is 12.9. The first-order chi connectivity index (χ1) is 21.7. The average molecular weight is 608 g/mol. The number of hydrogen-bond acceptors (Lipinski definition) is 6. The maximum atomic E-state index is 13.8. The van der Waals surface area contributed by atoms with Crippen LogP contribution in [0.2, 0.25) is 0 Å². The molecule has 2 atom stereocenters. The molecule has 0 spiro atoms. The third-order valence-corrected chi connectivity index (χ3v) is 8.27. The van der Waals surface area contributed by atoms with E-state index in [9.17, 15) is 14.4 Å². The first-order valence-corrected chi connectivity index (χ1v) is 15.2. The molecule has 3 amide bonds. The summed E-state index contributed by atoms with van der Waals surface area (Å²) in [7, 11) is 0. The van der Waals surface area contributed by atoms with Crippen LogP contribution in [0.25, 0.3) is 0 Å². The van der Waals surface area contributed by atoms with Gasteiger partial charge >= 0.3 is 0 Å². The number of rotatable bonds is 3. The van der Waals surface area contributed by atoms with Crippen LogP contribution in [0.3, 0.4) is 0 Å². The number of aryl methyl sites for hydroxylation is 3. The highest BCUT2D eigenvalue weighted by Gasteiger charge is 2.35. The highest BCUT2D eigenvalue weighted by molar-refractivity contribution is 5.96. The topological polar surface area (TPSA) is 115 Å². The van der Waals surface area contributed by atoms with E-state index in [2.05, 4.69) is 15.7 Å². The monoisotopic (exact) mass is 607 g/mol. The predicted octanol–water partition coefficient (Wildman–Crippen LogP) is 3.96. The summed E-state index contributed by atoms with van der Waals surface area (Å²) in [5.41, 5.74) is 5.70. The Morgan fingerprint density at radius 3 is 2.60 bits per heavy atom. The Balaban J connectivity index is 1.24. The molecule has 232 valence electrons. The summed E-state index contributed by atoms with van der Waals surface area (Å²) in [6, 6.07) is 21.8. The van der Waals surface area contributed by atoms with Gasteiger partial charge in [-0.2, -0.15) is 5.10 Å². The molecule has 3 aliphatic heterocycles. The third-order valence-electron chi connectivity index (χ3n) is 8.27. The number of carbonyl (C=O) groups excluding carboxylic acids is 3. The molecule has 1 fully saturated rings. The van der Waals surface area contributed by atoms with E-state index < -0.39 is 6.04 Å². The second-order valence-corrected chi connectivity index (χ2v) is 11.8. The van der Waals surface area contributed by atoms with Gasteiger partial charge in [-0.15, -0.1) is 0 Å². The van der Waals surface area contributed by atoms with Gasteiger partial charge in [-0.3, -0.25) is 19.1 Å². The Hall–Kier alpha value is -5.12. The van der Waals surface area contributed by atoms with Crippen LogP contribution < -0.4 is 20.1 Å². The van der Waals surface area contributed by atoms with Crippen LogP contribution >= 0.6 is 0 Å². The van der Waals surface area contributed by atoms with Crippen molar-refractivity contribution in [3.63, 3.8) is 0 Å². The van der Waals surface area contributed by atoms with Gasteiger partial charge in [-0.05, 0) is 79.9 Å². The third kappa shape index (κ3) is 7.01. The Labute approximate surface area is 262 Å². The lowest BCUT2D eigenvalue weighted by Crippen LogP contribution is -2.58. The van der Waals surface area contributed by atoms with E-state index in [0.717, 1.165) is 28.1 Å². The van der Waals surface area contributed by atoms with E-state index in [1.807, 2.05) is 80.1 Å². The lowest BCUT2D eigenvalue weighted by molar-refractivity contribution is -0.123. The van der Waals surface area contributed by atoms with Crippen LogP contribution in [0, 0.1) is 20.8 Å². The number of likely N-dealkylation sites (tertiary alicyclic amines) is 1. The zero-order valence-corrected chi connectivity index (χ0v) is 25.7. The zero-order valence-electron chi connectivity index (χ0n) is 25.7. The first-order valence-electron chi connectivity index (χ1n) is 15.2. The molecular weight excluding hydrogens is 570 g/mol. The van der Waals surface area contributed by atoms with E-state index in [-0.39, 0.29) is 37.0 Å². The molecule has 0 unspecified atom stereocenters.